The Morgan fingerprint density at radius 3 is 2.24 bits per heavy atom. The van der Waals surface area contributed by atoms with E-state index in [0.29, 0.717) is 12.2 Å². The van der Waals surface area contributed by atoms with Crippen molar-refractivity contribution in [2.45, 2.75) is 47.2 Å². The quantitative estimate of drug-likeness (QED) is 0.574. The number of carbonyl (C=O) groups is 2. The Bertz CT molecular complexity index is 1080. The highest BCUT2D eigenvalue weighted by atomic mass is 32.2. The molecule has 2 aromatic rings. The van der Waals surface area contributed by atoms with Gasteiger partial charge in [0.05, 0.1) is 11.9 Å². The highest BCUT2D eigenvalue weighted by molar-refractivity contribution is 7.92. The van der Waals surface area contributed by atoms with Gasteiger partial charge in [0.2, 0.25) is 21.8 Å². The first kappa shape index (κ1) is 26.4. The number of anilines is 1. The fourth-order valence-corrected chi connectivity index (χ4v) is 4.39. The summed E-state index contributed by atoms with van der Waals surface area (Å²) in [4.78, 5) is 27.8. The maximum absolute atomic E-state index is 13.5. The second-order valence-corrected chi connectivity index (χ2v) is 10.8. The Morgan fingerprint density at radius 1 is 1.00 bits per heavy atom. The van der Waals surface area contributed by atoms with Gasteiger partial charge < -0.3 is 10.2 Å². The van der Waals surface area contributed by atoms with Gasteiger partial charge in [-0.1, -0.05) is 61.9 Å². The second-order valence-electron chi connectivity index (χ2n) is 8.88. The molecule has 0 aromatic heterocycles. The lowest BCUT2D eigenvalue weighted by Crippen LogP contribution is -2.51. The van der Waals surface area contributed by atoms with E-state index in [0.717, 1.165) is 27.3 Å². The average molecular weight is 474 g/mol. The largest absolute Gasteiger partial charge is 0.354 e. The van der Waals surface area contributed by atoms with Crippen LogP contribution in [-0.4, -0.2) is 50.5 Å². The summed E-state index contributed by atoms with van der Waals surface area (Å²) in [6.07, 6.45) is 1.08. The summed E-state index contributed by atoms with van der Waals surface area (Å²) in [5.74, 6) is -0.451. The maximum Gasteiger partial charge on any atom is 0.244 e. The molecule has 2 aromatic carbocycles. The van der Waals surface area contributed by atoms with Gasteiger partial charge >= 0.3 is 0 Å². The Labute approximate surface area is 197 Å². The number of rotatable bonds is 10. The lowest BCUT2D eigenvalue weighted by molar-refractivity contribution is -0.139. The summed E-state index contributed by atoms with van der Waals surface area (Å²) in [7, 11) is -3.73. The number of hydrogen-bond donors (Lipinski definition) is 1. The fraction of sp³-hybridized carbons (Fsp3) is 0.440. The number of para-hydroxylation sites is 1. The zero-order valence-corrected chi connectivity index (χ0v) is 21.1. The van der Waals surface area contributed by atoms with Crippen LogP contribution in [-0.2, 0) is 26.2 Å². The third-order valence-corrected chi connectivity index (χ3v) is 6.48. The second kappa shape index (κ2) is 11.3. The number of aryl methyl sites for hydroxylation is 2. The first-order valence-electron chi connectivity index (χ1n) is 11.1. The van der Waals surface area contributed by atoms with E-state index in [2.05, 4.69) is 5.32 Å². The zero-order chi connectivity index (χ0) is 24.8. The van der Waals surface area contributed by atoms with Crippen LogP contribution in [0.4, 0.5) is 5.69 Å². The molecule has 180 valence electrons. The molecule has 0 spiro atoms. The van der Waals surface area contributed by atoms with Crippen LogP contribution in [0.25, 0.3) is 0 Å². The topological polar surface area (TPSA) is 86.8 Å². The van der Waals surface area contributed by atoms with Crippen LogP contribution in [0.2, 0.25) is 0 Å². The number of carbonyl (C=O) groups excluding carboxylic acids is 2. The van der Waals surface area contributed by atoms with Crippen molar-refractivity contribution >= 4 is 27.5 Å². The molecule has 0 saturated carbocycles. The summed E-state index contributed by atoms with van der Waals surface area (Å²) in [5, 5.41) is 2.87. The SMILES string of the molecule is Cc1cccc(CN(C(=O)CN(c2ccccc2C)S(C)(=O)=O)C(C)C(=O)NCC(C)C)c1. The molecule has 0 aliphatic carbocycles. The van der Waals surface area contributed by atoms with Crippen molar-refractivity contribution in [2.75, 3.05) is 23.7 Å². The average Bonchev–Trinajstić information content (AvgIpc) is 2.73. The number of amides is 2. The van der Waals surface area contributed by atoms with Gasteiger partial charge in [-0.2, -0.15) is 0 Å². The Balaban J connectivity index is 2.38. The van der Waals surface area contributed by atoms with Crippen LogP contribution in [0, 0.1) is 19.8 Å². The van der Waals surface area contributed by atoms with Gasteiger partial charge in [-0.25, -0.2) is 8.42 Å². The normalized spacial score (nSPS) is 12.3. The van der Waals surface area contributed by atoms with Crippen molar-refractivity contribution in [1.29, 1.82) is 0 Å². The van der Waals surface area contributed by atoms with E-state index in [-0.39, 0.29) is 18.4 Å². The standard InChI is InChI=1S/C25H35N3O4S/c1-18(2)15-26-25(30)21(5)27(16-22-12-9-10-19(3)14-22)24(29)17-28(33(6,31)32)23-13-8-7-11-20(23)4/h7-14,18,21H,15-17H2,1-6H3,(H,26,30). The van der Waals surface area contributed by atoms with E-state index in [4.69, 9.17) is 0 Å². The highest BCUT2D eigenvalue weighted by Crippen LogP contribution is 2.23. The molecular weight excluding hydrogens is 438 g/mol. The number of hydrogen-bond acceptors (Lipinski definition) is 4. The lowest BCUT2D eigenvalue weighted by atomic mass is 10.1. The third-order valence-electron chi connectivity index (χ3n) is 5.35. The van der Waals surface area contributed by atoms with Gasteiger partial charge in [-0.15, -0.1) is 0 Å². The molecule has 33 heavy (non-hydrogen) atoms. The van der Waals surface area contributed by atoms with Crippen molar-refractivity contribution in [2.24, 2.45) is 5.92 Å². The molecule has 0 aliphatic rings. The zero-order valence-electron chi connectivity index (χ0n) is 20.3. The third kappa shape index (κ3) is 7.60. The molecule has 0 radical (unpaired) electrons. The summed E-state index contributed by atoms with van der Waals surface area (Å²) in [6, 6.07) is 13.9. The van der Waals surface area contributed by atoms with Crippen LogP contribution in [0.3, 0.4) is 0 Å². The predicted molar refractivity (Wildman–Crippen MR) is 132 cm³/mol. The van der Waals surface area contributed by atoms with E-state index in [9.17, 15) is 18.0 Å². The van der Waals surface area contributed by atoms with Crippen LogP contribution < -0.4 is 9.62 Å². The smallest absolute Gasteiger partial charge is 0.244 e. The molecule has 0 saturated heterocycles. The molecule has 1 unspecified atom stereocenters. The van der Waals surface area contributed by atoms with E-state index < -0.39 is 28.5 Å². The molecular formula is C25H35N3O4S. The molecule has 1 N–H and O–H groups in total. The van der Waals surface area contributed by atoms with Crippen LogP contribution in [0.15, 0.2) is 48.5 Å². The van der Waals surface area contributed by atoms with Gasteiger partial charge in [0.1, 0.15) is 12.6 Å². The minimum Gasteiger partial charge on any atom is -0.354 e. The molecule has 0 bridgehead atoms. The lowest BCUT2D eigenvalue weighted by Gasteiger charge is -2.32. The minimum absolute atomic E-state index is 0.197. The van der Waals surface area contributed by atoms with Gasteiger partial charge in [0.15, 0.2) is 0 Å². The first-order chi connectivity index (χ1) is 15.4. The number of nitrogens with one attached hydrogen (secondary N) is 1. The summed E-state index contributed by atoms with van der Waals surface area (Å²) < 4.78 is 26.3. The monoisotopic (exact) mass is 473 g/mol. The molecule has 0 aliphatic heterocycles. The van der Waals surface area contributed by atoms with Crippen molar-refractivity contribution in [3.63, 3.8) is 0 Å². The van der Waals surface area contributed by atoms with Crippen LogP contribution >= 0.6 is 0 Å². The minimum atomic E-state index is -3.73. The van der Waals surface area contributed by atoms with E-state index in [1.807, 2.05) is 51.1 Å². The Hall–Kier alpha value is -2.87. The van der Waals surface area contributed by atoms with Gasteiger partial charge in [0, 0.05) is 13.1 Å². The maximum atomic E-state index is 13.5. The summed E-state index contributed by atoms with van der Waals surface area (Å²) in [6.45, 7) is 9.71. The van der Waals surface area contributed by atoms with E-state index in [1.54, 1.807) is 32.0 Å². The van der Waals surface area contributed by atoms with Crippen molar-refractivity contribution in [3.05, 3.63) is 65.2 Å². The summed E-state index contributed by atoms with van der Waals surface area (Å²) in [5.41, 5.74) is 3.09. The van der Waals surface area contributed by atoms with Gasteiger partial charge in [0.25, 0.3) is 0 Å². The fourth-order valence-electron chi connectivity index (χ4n) is 3.48. The predicted octanol–water partition coefficient (Wildman–Crippen LogP) is 3.26. The van der Waals surface area contributed by atoms with E-state index in [1.165, 1.54) is 4.90 Å². The Kier molecular flexibility index (Phi) is 9.05. The molecule has 0 fully saturated rings. The highest BCUT2D eigenvalue weighted by Gasteiger charge is 2.30. The molecule has 8 heteroatoms. The van der Waals surface area contributed by atoms with Crippen molar-refractivity contribution < 1.29 is 18.0 Å². The number of sulfonamides is 1. The van der Waals surface area contributed by atoms with Crippen molar-refractivity contribution in [3.8, 4) is 0 Å². The molecule has 1 atom stereocenters. The molecule has 2 amide bonds. The molecule has 7 nitrogen and oxygen atoms in total. The summed E-state index contributed by atoms with van der Waals surface area (Å²) >= 11 is 0. The van der Waals surface area contributed by atoms with Crippen molar-refractivity contribution in [1.82, 2.24) is 10.2 Å². The number of benzene rings is 2. The first-order valence-corrected chi connectivity index (χ1v) is 12.9. The van der Waals surface area contributed by atoms with Gasteiger partial charge in [-0.05, 0) is 43.9 Å². The van der Waals surface area contributed by atoms with E-state index >= 15 is 0 Å². The van der Waals surface area contributed by atoms with Gasteiger partial charge in [-0.3, -0.25) is 13.9 Å². The number of nitrogens with zero attached hydrogens (tertiary/aromatic N) is 2. The Morgan fingerprint density at radius 2 is 1.67 bits per heavy atom. The van der Waals surface area contributed by atoms with Crippen LogP contribution in [0.1, 0.15) is 37.5 Å². The molecule has 0 heterocycles. The van der Waals surface area contributed by atoms with Crippen LogP contribution in [0.5, 0.6) is 0 Å². The molecule has 2 rings (SSSR count).